The number of rotatable bonds is 4. The molecule has 2 N–H and O–H groups in total. The van der Waals surface area contributed by atoms with Crippen molar-refractivity contribution in [2.45, 2.75) is 51.4 Å². The average Bonchev–Trinajstić information content (AvgIpc) is 3.15. The first kappa shape index (κ1) is 18.8. The fourth-order valence-electron chi connectivity index (χ4n) is 4.02. The monoisotopic (exact) mass is 361 g/mol. The molecule has 0 spiro atoms. The molecule has 2 heterocycles. The number of hydroxylamine groups is 1. The number of benzene rings is 1. The molecule has 0 radical (unpaired) electrons. The lowest BCUT2D eigenvalue weighted by atomic mass is 10.0. The van der Waals surface area contributed by atoms with Gasteiger partial charge in [0.25, 0.3) is 11.8 Å². The minimum absolute atomic E-state index is 0.126. The Bertz CT molecular complexity index is 631. The van der Waals surface area contributed by atoms with Crippen LogP contribution in [0.2, 0.25) is 0 Å². The quantitative estimate of drug-likeness (QED) is 0.626. The average molecular weight is 361 g/mol. The van der Waals surface area contributed by atoms with Crippen molar-refractivity contribution in [2.24, 2.45) is 0 Å². The van der Waals surface area contributed by atoms with E-state index < -0.39 is 5.91 Å². The minimum atomic E-state index is -0.514. The van der Waals surface area contributed by atoms with E-state index >= 15 is 0 Å². The van der Waals surface area contributed by atoms with Gasteiger partial charge in [0.2, 0.25) is 0 Å². The van der Waals surface area contributed by atoms with Crippen LogP contribution in [0, 0.1) is 0 Å². The molecule has 2 fully saturated rings. The van der Waals surface area contributed by atoms with Crippen molar-refractivity contribution in [2.75, 3.05) is 19.7 Å². The summed E-state index contributed by atoms with van der Waals surface area (Å²) in [4.78, 5) is 28.4. The first-order valence-electron chi connectivity index (χ1n) is 9.19. The van der Waals surface area contributed by atoms with Gasteiger partial charge in [-0.05, 0) is 44.4 Å². The standard InChI is InChI=1S/C19H27N3O4/c1-13-10-21(12-15-5-7-16(8-6-15)18(23)20-25)11-14(2)22(13)19(24)17-4-3-9-26-17/h5-8,13-14,17,25H,3-4,9-12H2,1-2H3,(H,20,23). The van der Waals surface area contributed by atoms with E-state index in [1.807, 2.05) is 17.0 Å². The molecule has 2 amide bonds. The van der Waals surface area contributed by atoms with Crippen molar-refractivity contribution >= 4 is 11.8 Å². The zero-order valence-electron chi connectivity index (χ0n) is 15.4. The molecule has 7 nitrogen and oxygen atoms in total. The Morgan fingerprint density at radius 2 is 1.85 bits per heavy atom. The molecule has 0 aromatic heterocycles. The summed E-state index contributed by atoms with van der Waals surface area (Å²) in [5, 5.41) is 8.68. The number of piperazine rings is 1. The molecule has 26 heavy (non-hydrogen) atoms. The molecule has 2 aliphatic heterocycles. The Morgan fingerprint density at radius 3 is 2.38 bits per heavy atom. The highest BCUT2D eigenvalue weighted by molar-refractivity contribution is 5.93. The van der Waals surface area contributed by atoms with E-state index in [1.54, 1.807) is 17.6 Å². The van der Waals surface area contributed by atoms with Crippen LogP contribution >= 0.6 is 0 Å². The number of carbonyl (C=O) groups is 2. The summed E-state index contributed by atoms with van der Waals surface area (Å²) < 4.78 is 5.57. The summed E-state index contributed by atoms with van der Waals surface area (Å²) >= 11 is 0. The highest BCUT2D eigenvalue weighted by atomic mass is 16.5. The number of hydrogen-bond acceptors (Lipinski definition) is 5. The predicted molar refractivity (Wildman–Crippen MR) is 95.7 cm³/mol. The molecule has 3 unspecified atom stereocenters. The Morgan fingerprint density at radius 1 is 1.19 bits per heavy atom. The van der Waals surface area contributed by atoms with Crippen molar-refractivity contribution in [1.82, 2.24) is 15.3 Å². The van der Waals surface area contributed by atoms with E-state index in [-0.39, 0.29) is 24.1 Å². The molecule has 3 rings (SSSR count). The highest BCUT2D eigenvalue weighted by Crippen LogP contribution is 2.23. The first-order valence-corrected chi connectivity index (χ1v) is 9.19. The van der Waals surface area contributed by atoms with Crippen molar-refractivity contribution in [3.8, 4) is 0 Å². The lowest BCUT2D eigenvalue weighted by molar-refractivity contribution is -0.149. The van der Waals surface area contributed by atoms with Crippen LogP contribution in [0.3, 0.4) is 0 Å². The summed E-state index contributed by atoms with van der Waals surface area (Å²) in [7, 11) is 0. The molecular formula is C19H27N3O4. The maximum atomic E-state index is 12.7. The van der Waals surface area contributed by atoms with Crippen molar-refractivity contribution < 1.29 is 19.5 Å². The summed E-state index contributed by atoms with van der Waals surface area (Å²) in [5.41, 5.74) is 3.15. The number of nitrogens with zero attached hydrogens (tertiary/aromatic N) is 2. The molecule has 0 bridgehead atoms. The summed E-state index contributed by atoms with van der Waals surface area (Å²) in [6.45, 7) is 7.23. The van der Waals surface area contributed by atoms with Gasteiger partial charge >= 0.3 is 0 Å². The molecule has 1 aromatic carbocycles. The van der Waals surface area contributed by atoms with E-state index in [0.29, 0.717) is 12.2 Å². The van der Waals surface area contributed by atoms with Crippen LogP contribution in [0.1, 0.15) is 42.6 Å². The Kier molecular flexibility index (Phi) is 5.90. The summed E-state index contributed by atoms with van der Waals surface area (Å²) in [6.07, 6.45) is 1.52. The molecule has 2 aliphatic rings. The van der Waals surface area contributed by atoms with E-state index in [1.165, 1.54) is 0 Å². The highest BCUT2D eigenvalue weighted by Gasteiger charge is 2.37. The molecule has 142 valence electrons. The number of carbonyl (C=O) groups excluding carboxylic acids is 2. The fourth-order valence-corrected chi connectivity index (χ4v) is 4.02. The third-order valence-electron chi connectivity index (χ3n) is 5.18. The summed E-state index contributed by atoms with van der Waals surface area (Å²) in [5.74, 6) is -0.387. The van der Waals surface area contributed by atoms with Gasteiger partial charge < -0.3 is 9.64 Å². The van der Waals surface area contributed by atoms with Crippen LogP contribution in [-0.4, -0.2) is 64.7 Å². The van der Waals surface area contributed by atoms with E-state index in [2.05, 4.69) is 18.7 Å². The topological polar surface area (TPSA) is 82.1 Å². The van der Waals surface area contributed by atoms with Gasteiger partial charge in [0.1, 0.15) is 6.10 Å². The van der Waals surface area contributed by atoms with E-state index in [9.17, 15) is 9.59 Å². The van der Waals surface area contributed by atoms with Crippen LogP contribution in [0.15, 0.2) is 24.3 Å². The van der Waals surface area contributed by atoms with E-state index in [0.717, 1.165) is 38.0 Å². The van der Waals surface area contributed by atoms with Crippen LogP contribution in [-0.2, 0) is 16.1 Å². The second-order valence-corrected chi connectivity index (χ2v) is 7.28. The molecule has 0 aliphatic carbocycles. The molecule has 0 saturated carbocycles. The van der Waals surface area contributed by atoms with Gasteiger partial charge in [-0.15, -0.1) is 0 Å². The maximum absolute atomic E-state index is 12.7. The zero-order valence-corrected chi connectivity index (χ0v) is 15.4. The van der Waals surface area contributed by atoms with Crippen LogP contribution in [0.4, 0.5) is 0 Å². The first-order chi connectivity index (χ1) is 12.5. The molecule has 3 atom stereocenters. The lowest BCUT2D eigenvalue weighted by Gasteiger charge is -2.45. The number of amides is 2. The Labute approximate surface area is 153 Å². The maximum Gasteiger partial charge on any atom is 0.274 e. The van der Waals surface area contributed by atoms with Gasteiger partial charge in [0.15, 0.2) is 0 Å². The van der Waals surface area contributed by atoms with Crippen molar-refractivity contribution in [3.05, 3.63) is 35.4 Å². The molecular weight excluding hydrogens is 334 g/mol. The fraction of sp³-hybridized carbons (Fsp3) is 0.579. The van der Waals surface area contributed by atoms with Gasteiger partial charge in [-0.3, -0.25) is 19.7 Å². The van der Waals surface area contributed by atoms with Gasteiger partial charge in [0, 0.05) is 43.9 Å². The van der Waals surface area contributed by atoms with Gasteiger partial charge in [0.05, 0.1) is 0 Å². The second-order valence-electron chi connectivity index (χ2n) is 7.28. The third-order valence-corrected chi connectivity index (χ3v) is 5.18. The normalized spacial score (nSPS) is 26.7. The third kappa shape index (κ3) is 4.06. The molecule has 7 heteroatoms. The van der Waals surface area contributed by atoms with E-state index in [4.69, 9.17) is 9.94 Å². The number of nitrogens with one attached hydrogen (secondary N) is 1. The molecule has 2 saturated heterocycles. The van der Waals surface area contributed by atoms with Crippen molar-refractivity contribution in [3.63, 3.8) is 0 Å². The van der Waals surface area contributed by atoms with Gasteiger partial charge in [-0.25, -0.2) is 5.48 Å². The van der Waals surface area contributed by atoms with Crippen LogP contribution in [0.5, 0.6) is 0 Å². The zero-order chi connectivity index (χ0) is 18.7. The minimum Gasteiger partial charge on any atom is -0.368 e. The lowest BCUT2D eigenvalue weighted by Crippen LogP contribution is -2.60. The largest absolute Gasteiger partial charge is 0.368 e. The SMILES string of the molecule is CC1CN(Cc2ccc(C(=O)NO)cc2)CC(C)N1C(=O)C1CCCO1. The number of hydrogen-bond donors (Lipinski definition) is 2. The molecule has 1 aromatic rings. The van der Waals surface area contributed by atoms with Gasteiger partial charge in [-0.1, -0.05) is 12.1 Å². The summed E-state index contributed by atoms with van der Waals surface area (Å²) in [6, 6.07) is 7.45. The smallest absolute Gasteiger partial charge is 0.274 e. The Balaban J connectivity index is 1.60. The second kappa shape index (κ2) is 8.16. The predicted octanol–water partition coefficient (Wildman–Crippen LogP) is 1.41. The number of ether oxygens (including phenoxy) is 1. The van der Waals surface area contributed by atoms with Crippen LogP contribution < -0.4 is 5.48 Å². The van der Waals surface area contributed by atoms with Gasteiger partial charge in [-0.2, -0.15) is 0 Å². The van der Waals surface area contributed by atoms with Crippen molar-refractivity contribution in [1.29, 1.82) is 0 Å². The Hall–Kier alpha value is -1.96. The van der Waals surface area contributed by atoms with Crippen LogP contribution in [0.25, 0.3) is 0 Å².